The summed E-state index contributed by atoms with van der Waals surface area (Å²) in [6, 6.07) is 11.3. The van der Waals surface area contributed by atoms with Crippen molar-refractivity contribution in [1.29, 1.82) is 0 Å². The summed E-state index contributed by atoms with van der Waals surface area (Å²) in [7, 11) is 1.62. The molecule has 2 heterocycles. The quantitative estimate of drug-likeness (QED) is 0.783. The van der Waals surface area contributed by atoms with Crippen LogP contribution in [0.25, 0.3) is 5.69 Å². The third-order valence-electron chi connectivity index (χ3n) is 3.77. The van der Waals surface area contributed by atoms with Gasteiger partial charge >= 0.3 is 0 Å². The second-order valence-electron chi connectivity index (χ2n) is 5.29. The fraction of sp³-hybridized carbons (Fsp3) is 0.167. The molecule has 122 valence electrons. The zero-order chi connectivity index (χ0) is 16.9. The summed E-state index contributed by atoms with van der Waals surface area (Å²) in [5, 5.41) is 7.22. The maximum Gasteiger partial charge on any atom is 0.255 e. The predicted molar refractivity (Wildman–Crippen MR) is 90.3 cm³/mol. The van der Waals surface area contributed by atoms with Crippen LogP contribution in [0.4, 0.5) is 0 Å². The van der Waals surface area contributed by atoms with Crippen molar-refractivity contribution in [2.75, 3.05) is 7.11 Å². The summed E-state index contributed by atoms with van der Waals surface area (Å²) >= 11 is 0. The van der Waals surface area contributed by atoms with Crippen LogP contribution in [0.1, 0.15) is 21.6 Å². The van der Waals surface area contributed by atoms with Gasteiger partial charge in [-0.25, -0.2) is 4.68 Å². The molecule has 0 aliphatic carbocycles. The molecule has 0 bridgehead atoms. The second-order valence-corrected chi connectivity index (χ2v) is 5.29. The number of pyridine rings is 1. The first-order chi connectivity index (χ1) is 11.7. The van der Waals surface area contributed by atoms with Crippen molar-refractivity contribution in [3.8, 4) is 11.4 Å². The van der Waals surface area contributed by atoms with Gasteiger partial charge in [0.15, 0.2) is 0 Å². The monoisotopic (exact) mass is 322 g/mol. The number of nitrogens with one attached hydrogen (secondary N) is 1. The van der Waals surface area contributed by atoms with E-state index in [0.29, 0.717) is 12.1 Å². The van der Waals surface area contributed by atoms with E-state index in [2.05, 4.69) is 15.4 Å². The summed E-state index contributed by atoms with van der Waals surface area (Å²) in [6.45, 7) is 2.33. The van der Waals surface area contributed by atoms with Gasteiger partial charge in [0.05, 0.1) is 30.3 Å². The van der Waals surface area contributed by atoms with Crippen LogP contribution in [0, 0.1) is 6.92 Å². The minimum absolute atomic E-state index is 0.149. The van der Waals surface area contributed by atoms with Crippen LogP contribution in [0.5, 0.6) is 5.75 Å². The number of nitrogens with zero attached hydrogens (tertiary/aromatic N) is 3. The van der Waals surface area contributed by atoms with Gasteiger partial charge in [0, 0.05) is 18.9 Å². The van der Waals surface area contributed by atoms with E-state index in [0.717, 1.165) is 22.7 Å². The minimum atomic E-state index is -0.149. The SMILES string of the molecule is COc1ccc(-n2ncc(C(=O)NCc3ccncc3)c2C)cc1. The highest BCUT2D eigenvalue weighted by Crippen LogP contribution is 2.17. The molecule has 3 rings (SSSR count). The Bertz CT molecular complexity index is 826. The number of aromatic nitrogens is 3. The van der Waals surface area contributed by atoms with Gasteiger partial charge < -0.3 is 10.1 Å². The molecule has 6 nitrogen and oxygen atoms in total. The van der Waals surface area contributed by atoms with Crippen molar-refractivity contribution in [1.82, 2.24) is 20.1 Å². The lowest BCUT2D eigenvalue weighted by Crippen LogP contribution is -2.23. The molecule has 3 aromatic rings. The van der Waals surface area contributed by atoms with E-state index in [1.807, 2.05) is 43.3 Å². The number of hydrogen-bond acceptors (Lipinski definition) is 4. The van der Waals surface area contributed by atoms with Crippen molar-refractivity contribution in [3.63, 3.8) is 0 Å². The van der Waals surface area contributed by atoms with Crippen molar-refractivity contribution in [2.24, 2.45) is 0 Å². The number of rotatable bonds is 5. The molecule has 0 atom stereocenters. The van der Waals surface area contributed by atoms with E-state index in [-0.39, 0.29) is 5.91 Å². The average molecular weight is 322 g/mol. The zero-order valence-corrected chi connectivity index (χ0v) is 13.6. The van der Waals surface area contributed by atoms with Crippen molar-refractivity contribution >= 4 is 5.91 Å². The smallest absolute Gasteiger partial charge is 0.255 e. The number of carbonyl (C=O) groups is 1. The first-order valence-corrected chi connectivity index (χ1v) is 7.55. The highest BCUT2D eigenvalue weighted by atomic mass is 16.5. The van der Waals surface area contributed by atoms with Crippen molar-refractivity contribution in [3.05, 3.63) is 71.8 Å². The minimum Gasteiger partial charge on any atom is -0.497 e. The van der Waals surface area contributed by atoms with Gasteiger partial charge in [0.25, 0.3) is 5.91 Å². The summed E-state index contributed by atoms with van der Waals surface area (Å²) < 4.78 is 6.89. The Morgan fingerprint density at radius 3 is 2.54 bits per heavy atom. The molecular formula is C18H18N4O2. The molecule has 2 aromatic heterocycles. The number of amides is 1. The molecule has 0 spiro atoms. The number of ether oxygens (including phenoxy) is 1. The van der Waals surface area contributed by atoms with Crippen LogP contribution in [-0.4, -0.2) is 27.8 Å². The standard InChI is InChI=1S/C18H18N4O2/c1-13-17(18(23)20-11-14-7-9-19-10-8-14)12-21-22(13)15-3-5-16(24-2)6-4-15/h3-10,12H,11H2,1-2H3,(H,20,23). The molecule has 0 saturated heterocycles. The maximum atomic E-state index is 12.4. The lowest BCUT2D eigenvalue weighted by molar-refractivity contribution is 0.0950. The summed E-state index contributed by atoms with van der Waals surface area (Å²) in [4.78, 5) is 16.3. The third-order valence-corrected chi connectivity index (χ3v) is 3.77. The van der Waals surface area contributed by atoms with Crippen LogP contribution in [0.3, 0.4) is 0 Å². The Balaban J connectivity index is 1.75. The molecule has 1 aromatic carbocycles. The molecule has 1 N–H and O–H groups in total. The van der Waals surface area contributed by atoms with E-state index < -0.39 is 0 Å². The molecule has 24 heavy (non-hydrogen) atoms. The first kappa shape index (κ1) is 15.7. The maximum absolute atomic E-state index is 12.4. The van der Waals surface area contributed by atoms with E-state index in [4.69, 9.17) is 4.74 Å². The van der Waals surface area contributed by atoms with E-state index in [1.165, 1.54) is 0 Å². The molecule has 0 aliphatic rings. The van der Waals surface area contributed by atoms with E-state index >= 15 is 0 Å². The van der Waals surface area contributed by atoms with Gasteiger partial charge in [-0.1, -0.05) is 0 Å². The number of methoxy groups -OCH3 is 1. The first-order valence-electron chi connectivity index (χ1n) is 7.55. The predicted octanol–water partition coefficient (Wildman–Crippen LogP) is 2.51. The Hall–Kier alpha value is -3.15. The van der Waals surface area contributed by atoms with Crippen LogP contribution in [0.2, 0.25) is 0 Å². The molecule has 0 unspecified atom stereocenters. The van der Waals surface area contributed by atoms with E-state index in [9.17, 15) is 4.79 Å². The van der Waals surface area contributed by atoms with Gasteiger partial charge in [0.2, 0.25) is 0 Å². The molecule has 0 saturated carbocycles. The number of carbonyl (C=O) groups excluding carboxylic acids is 1. The Kier molecular flexibility index (Phi) is 4.56. The number of benzene rings is 1. The van der Waals surface area contributed by atoms with Gasteiger partial charge in [-0.05, 0) is 48.9 Å². The topological polar surface area (TPSA) is 69.0 Å². The van der Waals surface area contributed by atoms with Gasteiger partial charge in [-0.2, -0.15) is 5.10 Å². The normalized spacial score (nSPS) is 10.4. The van der Waals surface area contributed by atoms with Gasteiger partial charge in [0.1, 0.15) is 5.75 Å². The van der Waals surface area contributed by atoms with E-state index in [1.54, 1.807) is 30.4 Å². The molecule has 1 amide bonds. The summed E-state index contributed by atoms with van der Waals surface area (Å²) in [5.41, 5.74) is 3.22. The lowest BCUT2D eigenvalue weighted by atomic mass is 10.2. The lowest BCUT2D eigenvalue weighted by Gasteiger charge is -2.07. The summed E-state index contributed by atoms with van der Waals surface area (Å²) in [6.07, 6.45) is 4.99. The van der Waals surface area contributed by atoms with Gasteiger partial charge in [-0.3, -0.25) is 9.78 Å². The summed E-state index contributed by atoms with van der Waals surface area (Å²) in [5.74, 6) is 0.628. The van der Waals surface area contributed by atoms with Crippen LogP contribution >= 0.6 is 0 Å². The molecular weight excluding hydrogens is 304 g/mol. The van der Waals surface area contributed by atoms with Crippen molar-refractivity contribution < 1.29 is 9.53 Å². The highest BCUT2D eigenvalue weighted by Gasteiger charge is 2.15. The zero-order valence-electron chi connectivity index (χ0n) is 13.6. The molecule has 0 aliphatic heterocycles. The number of hydrogen-bond donors (Lipinski definition) is 1. The second kappa shape index (κ2) is 6.95. The molecule has 0 radical (unpaired) electrons. The van der Waals surface area contributed by atoms with Crippen molar-refractivity contribution in [2.45, 2.75) is 13.5 Å². The highest BCUT2D eigenvalue weighted by molar-refractivity contribution is 5.95. The Morgan fingerprint density at radius 1 is 1.17 bits per heavy atom. The van der Waals surface area contributed by atoms with Crippen LogP contribution < -0.4 is 10.1 Å². The third kappa shape index (κ3) is 3.27. The fourth-order valence-corrected chi connectivity index (χ4v) is 2.39. The van der Waals surface area contributed by atoms with Gasteiger partial charge in [-0.15, -0.1) is 0 Å². The molecule has 0 fully saturated rings. The Labute approximate surface area is 140 Å². The average Bonchev–Trinajstić information content (AvgIpc) is 3.02. The largest absolute Gasteiger partial charge is 0.497 e. The van der Waals surface area contributed by atoms with Crippen LogP contribution in [-0.2, 0) is 6.54 Å². The fourth-order valence-electron chi connectivity index (χ4n) is 2.39. The molecule has 6 heteroatoms. The van der Waals surface area contributed by atoms with Crippen LogP contribution in [0.15, 0.2) is 55.0 Å². The Morgan fingerprint density at radius 2 is 1.88 bits per heavy atom.